The lowest BCUT2D eigenvalue weighted by Crippen LogP contribution is -2.13. The van der Waals surface area contributed by atoms with Gasteiger partial charge in [-0.05, 0) is 43.7 Å². The Balaban J connectivity index is 2.13. The van der Waals surface area contributed by atoms with E-state index in [2.05, 4.69) is 12.2 Å². The van der Waals surface area contributed by atoms with Gasteiger partial charge < -0.3 is 19.5 Å². The monoisotopic (exact) mass is 357 g/mol. The molecule has 0 aliphatic carbocycles. The van der Waals surface area contributed by atoms with E-state index in [-0.39, 0.29) is 5.91 Å². The van der Waals surface area contributed by atoms with E-state index in [0.29, 0.717) is 42.6 Å². The van der Waals surface area contributed by atoms with E-state index in [4.69, 9.17) is 14.2 Å². The van der Waals surface area contributed by atoms with E-state index < -0.39 is 0 Å². The Hall–Kier alpha value is -2.53. The van der Waals surface area contributed by atoms with Crippen LogP contribution in [0, 0.1) is 0 Å². The highest BCUT2D eigenvalue weighted by Crippen LogP contribution is 2.26. The number of amides is 1. The molecule has 0 atom stereocenters. The highest BCUT2D eigenvalue weighted by molar-refractivity contribution is 6.05. The predicted octanol–water partition coefficient (Wildman–Crippen LogP) is 4.66. The molecule has 0 aliphatic heterocycles. The van der Waals surface area contributed by atoms with Gasteiger partial charge in [0, 0.05) is 17.7 Å². The molecule has 0 unspecified atom stereocenters. The van der Waals surface area contributed by atoms with E-state index in [1.54, 1.807) is 19.2 Å². The molecule has 2 aromatic carbocycles. The summed E-state index contributed by atoms with van der Waals surface area (Å²) in [6.07, 6.45) is 2.09. The van der Waals surface area contributed by atoms with Crippen LogP contribution in [0.3, 0.4) is 0 Å². The van der Waals surface area contributed by atoms with Crippen molar-refractivity contribution in [1.82, 2.24) is 0 Å². The number of hydrogen-bond donors (Lipinski definition) is 1. The molecule has 0 fully saturated rings. The van der Waals surface area contributed by atoms with Gasteiger partial charge in [0.2, 0.25) is 0 Å². The van der Waals surface area contributed by atoms with E-state index >= 15 is 0 Å². The van der Waals surface area contributed by atoms with Crippen LogP contribution in [-0.4, -0.2) is 26.2 Å². The molecule has 0 heterocycles. The van der Waals surface area contributed by atoms with Crippen LogP contribution >= 0.6 is 0 Å². The lowest BCUT2D eigenvalue weighted by Gasteiger charge is -2.13. The Morgan fingerprint density at radius 1 is 1.08 bits per heavy atom. The lowest BCUT2D eigenvalue weighted by molar-refractivity contribution is 0.102. The van der Waals surface area contributed by atoms with Crippen LogP contribution in [-0.2, 0) is 11.3 Å². The summed E-state index contributed by atoms with van der Waals surface area (Å²) in [6.45, 7) is 5.67. The van der Waals surface area contributed by atoms with E-state index in [9.17, 15) is 4.79 Å². The smallest absolute Gasteiger partial charge is 0.255 e. The molecule has 0 saturated carbocycles. The van der Waals surface area contributed by atoms with Gasteiger partial charge in [0.05, 0.1) is 26.0 Å². The van der Waals surface area contributed by atoms with E-state index in [1.807, 2.05) is 37.3 Å². The van der Waals surface area contributed by atoms with Crippen molar-refractivity contribution in [1.29, 1.82) is 0 Å². The minimum Gasteiger partial charge on any atom is -0.496 e. The van der Waals surface area contributed by atoms with Crippen molar-refractivity contribution in [3.05, 3.63) is 53.6 Å². The molecule has 2 aromatic rings. The molecule has 0 radical (unpaired) electrons. The van der Waals surface area contributed by atoms with Crippen LogP contribution in [0.1, 0.15) is 42.6 Å². The van der Waals surface area contributed by atoms with E-state index in [0.717, 1.165) is 18.4 Å². The zero-order valence-electron chi connectivity index (χ0n) is 15.7. The standard InChI is InChI=1S/C21H27NO4/c1-4-6-13-25-15-17-14-16(11-12-19(17)24-3)21(23)22-18-9-7-8-10-20(18)26-5-2/h7-12,14H,4-6,13,15H2,1-3H3,(H,22,23). The van der Waals surface area contributed by atoms with Crippen LogP contribution in [0.2, 0.25) is 0 Å². The molecule has 1 N–H and O–H groups in total. The average molecular weight is 357 g/mol. The summed E-state index contributed by atoms with van der Waals surface area (Å²) in [6, 6.07) is 12.7. The summed E-state index contributed by atoms with van der Waals surface area (Å²) in [7, 11) is 1.61. The zero-order chi connectivity index (χ0) is 18.8. The first kappa shape index (κ1) is 19.8. The molecule has 26 heavy (non-hydrogen) atoms. The van der Waals surface area contributed by atoms with Crippen molar-refractivity contribution in [2.45, 2.75) is 33.3 Å². The lowest BCUT2D eigenvalue weighted by atomic mass is 10.1. The number of anilines is 1. The fourth-order valence-electron chi connectivity index (χ4n) is 2.51. The van der Waals surface area contributed by atoms with Crippen LogP contribution in [0.4, 0.5) is 5.69 Å². The summed E-state index contributed by atoms with van der Waals surface area (Å²) in [5, 5.41) is 2.91. The Morgan fingerprint density at radius 2 is 1.88 bits per heavy atom. The maximum absolute atomic E-state index is 12.7. The first-order valence-electron chi connectivity index (χ1n) is 8.97. The van der Waals surface area contributed by atoms with E-state index in [1.165, 1.54) is 0 Å². The Kier molecular flexibility index (Phi) is 7.96. The number of methoxy groups -OCH3 is 1. The normalized spacial score (nSPS) is 10.4. The molecular weight excluding hydrogens is 330 g/mol. The second kappa shape index (κ2) is 10.5. The van der Waals surface area contributed by atoms with Gasteiger partial charge in [0.15, 0.2) is 0 Å². The highest BCUT2D eigenvalue weighted by atomic mass is 16.5. The topological polar surface area (TPSA) is 56.8 Å². The van der Waals surface area contributed by atoms with Gasteiger partial charge in [-0.15, -0.1) is 0 Å². The summed E-state index contributed by atoms with van der Waals surface area (Å²) in [5.41, 5.74) is 2.05. The van der Waals surface area contributed by atoms with Gasteiger partial charge in [0.25, 0.3) is 5.91 Å². The van der Waals surface area contributed by atoms with Crippen molar-refractivity contribution in [3.8, 4) is 11.5 Å². The molecule has 1 amide bonds. The number of carbonyl (C=O) groups excluding carboxylic acids is 1. The van der Waals surface area contributed by atoms with Crippen molar-refractivity contribution < 1.29 is 19.0 Å². The number of unbranched alkanes of at least 4 members (excludes halogenated alkanes) is 1. The van der Waals surface area contributed by atoms with Gasteiger partial charge in [0.1, 0.15) is 11.5 Å². The number of rotatable bonds is 10. The Morgan fingerprint density at radius 3 is 2.62 bits per heavy atom. The molecular formula is C21H27NO4. The third-order valence-electron chi connectivity index (χ3n) is 3.88. The first-order valence-corrected chi connectivity index (χ1v) is 8.97. The van der Waals surface area contributed by atoms with Crippen LogP contribution in [0.5, 0.6) is 11.5 Å². The summed E-state index contributed by atoms with van der Waals surface area (Å²) in [5.74, 6) is 1.17. The van der Waals surface area contributed by atoms with Gasteiger partial charge >= 0.3 is 0 Å². The summed E-state index contributed by atoms with van der Waals surface area (Å²) < 4.78 is 16.6. The van der Waals surface area contributed by atoms with Crippen molar-refractivity contribution in [2.24, 2.45) is 0 Å². The third kappa shape index (κ3) is 5.49. The third-order valence-corrected chi connectivity index (χ3v) is 3.88. The second-order valence-corrected chi connectivity index (χ2v) is 5.82. The number of nitrogens with one attached hydrogen (secondary N) is 1. The van der Waals surface area contributed by atoms with Gasteiger partial charge in [-0.25, -0.2) is 0 Å². The van der Waals surface area contributed by atoms with Gasteiger partial charge in [-0.2, -0.15) is 0 Å². The van der Waals surface area contributed by atoms with Crippen molar-refractivity contribution in [3.63, 3.8) is 0 Å². The largest absolute Gasteiger partial charge is 0.496 e. The summed E-state index contributed by atoms with van der Waals surface area (Å²) in [4.78, 5) is 12.7. The molecule has 5 heteroatoms. The summed E-state index contributed by atoms with van der Waals surface area (Å²) >= 11 is 0. The predicted molar refractivity (Wildman–Crippen MR) is 103 cm³/mol. The molecule has 0 saturated heterocycles. The molecule has 5 nitrogen and oxygen atoms in total. The zero-order valence-corrected chi connectivity index (χ0v) is 15.7. The number of benzene rings is 2. The molecule has 0 aliphatic rings. The first-order chi connectivity index (χ1) is 12.7. The number of carbonyl (C=O) groups is 1. The van der Waals surface area contributed by atoms with Crippen molar-refractivity contribution >= 4 is 11.6 Å². The molecule has 0 bridgehead atoms. The maximum Gasteiger partial charge on any atom is 0.255 e. The molecule has 140 valence electrons. The SMILES string of the molecule is CCCCOCc1cc(C(=O)Nc2ccccc2OCC)ccc1OC. The van der Waals surface area contributed by atoms with Gasteiger partial charge in [-0.3, -0.25) is 4.79 Å². The number of hydrogen-bond acceptors (Lipinski definition) is 4. The quantitative estimate of drug-likeness (QED) is 0.628. The maximum atomic E-state index is 12.7. The molecule has 0 aromatic heterocycles. The number of para-hydroxylation sites is 2. The van der Waals surface area contributed by atoms with Crippen LogP contribution in [0.25, 0.3) is 0 Å². The molecule has 0 spiro atoms. The van der Waals surface area contributed by atoms with Crippen LogP contribution in [0.15, 0.2) is 42.5 Å². The fraction of sp³-hybridized carbons (Fsp3) is 0.381. The van der Waals surface area contributed by atoms with Crippen LogP contribution < -0.4 is 14.8 Å². The molecule has 2 rings (SSSR count). The average Bonchev–Trinajstić information content (AvgIpc) is 2.66. The van der Waals surface area contributed by atoms with Crippen molar-refractivity contribution in [2.75, 3.05) is 25.6 Å². The Labute approximate surface area is 155 Å². The van der Waals surface area contributed by atoms with Gasteiger partial charge in [-0.1, -0.05) is 25.5 Å². The minimum atomic E-state index is -0.199. The highest BCUT2D eigenvalue weighted by Gasteiger charge is 2.13. The second-order valence-electron chi connectivity index (χ2n) is 5.82. The fourth-order valence-corrected chi connectivity index (χ4v) is 2.51. The Bertz CT molecular complexity index is 715. The minimum absolute atomic E-state index is 0.199. The number of ether oxygens (including phenoxy) is 3.